The van der Waals surface area contributed by atoms with Gasteiger partial charge in [0.05, 0.1) is 18.5 Å². The van der Waals surface area contributed by atoms with E-state index in [9.17, 15) is 9.36 Å². The molecule has 0 atom stereocenters. The summed E-state index contributed by atoms with van der Waals surface area (Å²) in [6.07, 6.45) is 1.24. The smallest absolute Gasteiger partial charge is 0.305 e. The highest BCUT2D eigenvalue weighted by atomic mass is 31.2. The van der Waals surface area contributed by atoms with Crippen molar-refractivity contribution in [1.82, 2.24) is 0 Å². The first-order valence-corrected chi connectivity index (χ1v) is 7.70. The quantitative estimate of drug-likeness (QED) is 0.770. The van der Waals surface area contributed by atoms with Gasteiger partial charge in [0.25, 0.3) is 0 Å². The lowest BCUT2D eigenvalue weighted by Gasteiger charge is -2.17. The molecule has 0 saturated heterocycles. The van der Waals surface area contributed by atoms with Gasteiger partial charge in [-0.3, -0.25) is 9.36 Å². The summed E-state index contributed by atoms with van der Waals surface area (Å²) < 4.78 is 23.1. The Bertz CT molecular complexity index is 500. The molecule has 1 aliphatic carbocycles. The van der Waals surface area contributed by atoms with Gasteiger partial charge in [0.1, 0.15) is 0 Å². The van der Waals surface area contributed by atoms with E-state index in [2.05, 4.69) is 0 Å². The van der Waals surface area contributed by atoms with Gasteiger partial charge in [-0.1, -0.05) is 6.07 Å². The van der Waals surface area contributed by atoms with Gasteiger partial charge >= 0.3 is 7.60 Å². The molecule has 0 bridgehead atoms. The Balaban J connectivity index is 2.38. The molecule has 0 spiro atoms. The van der Waals surface area contributed by atoms with Crippen LogP contribution in [0, 0.1) is 0 Å². The fourth-order valence-electron chi connectivity index (χ4n) is 2.14. The third-order valence-electron chi connectivity index (χ3n) is 2.92. The summed E-state index contributed by atoms with van der Waals surface area (Å²) in [5.74, 6) is 0.152. The molecule has 0 fully saturated rings. The Morgan fingerprint density at radius 2 is 1.83 bits per heavy atom. The van der Waals surface area contributed by atoms with E-state index < -0.39 is 7.60 Å². The van der Waals surface area contributed by atoms with Crippen molar-refractivity contribution in [3.8, 4) is 0 Å². The molecule has 0 heterocycles. The van der Waals surface area contributed by atoms with Gasteiger partial charge < -0.3 is 9.05 Å². The Kier molecular flexibility index (Phi) is 4.00. The zero-order chi connectivity index (χ0) is 13.2. The Morgan fingerprint density at radius 1 is 1.17 bits per heavy atom. The zero-order valence-electron chi connectivity index (χ0n) is 10.6. The lowest BCUT2D eigenvalue weighted by molar-refractivity contribution is 0.0994. The Morgan fingerprint density at radius 3 is 2.44 bits per heavy atom. The molecule has 0 aromatic heterocycles. The van der Waals surface area contributed by atoms with Crippen LogP contribution in [0.1, 0.15) is 36.2 Å². The van der Waals surface area contributed by atoms with Crippen molar-refractivity contribution in [2.75, 3.05) is 13.2 Å². The largest absolute Gasteiger partial charge is 0.361 e. The monoisotopic (exact) mass is 268 g/mol. The minimum atomic E-state index is -3.23. The first-order chi connectivity index (χ1) is 8.60. The molecule has 0 saturated carbocycles. The maximum absolute atomic E-state index is 12.6. The standard InChI is InChI=1S/C13H17O4P/c1-3-16-18(15,17-4-2)11-6-7-12-10(9-11)5-8-13(12)14/h6-7,9H,3-5,8H2,1-2H3. The van der Waals surface area contributed by atoms with Crippen molar-refractivity contribution < 1.29 is 18.4 Å². The molecule has 4 nitrogen and oxygen atoms in total. The highest BCUT2D eigenvalue weighted by Crippen LogP contribution is 2.47. The second kappa shape index (κ2) is 5.35. The fraction of sp³-hybridized carbons (Fsp3) is 0.462. The molecule has 1 aromatic carbocycles. The van der Waals surface area contributed by atoms with Crippen LogP contribution in [0.25, 0.3) is 0 Å². The van der Waals surface area contributed by atoms with Crippen molar-refractivity contribution in [2.24, 2.45) is 0 Å². The topological polar surface area (TPSA) is 52.6 Å². The molecule has 0 N–H and O–H groups in total. The van der Waals surface area contributed by atoms with E-state index in [0.29, 0.717) is 31.4 Å². The Labute approximate surface area is 107 Å². The van der Waals surface area contributed by atoms with E-state index in [-0.39, 0.29) is 5.78 Å². The number of fused-ring (bicyclic) bond motifs is 1. The SMILES string of the molecule is CCOP(=O)(OCC)c1ccc2c(c1)CCC2=O. The molecule has 1 aliphatic rings. The van der Waals surface area contributed by atoms with Gasteiger partial charge in [-0.25, -0.2) is 0 Å². The summed E-state index contributed by atoms with van der Waals surface area (Å²) in [5.41, 5.74) is 1.68. The van der Waals surface area contributed by atoms with Crippen molar-refractivity contribution in [1.29, 1.82) is 0 Å². The van der Waals surface area contributed by atoms with E-state index in [1.54, 1.807) is 32.0 Å². The number of hydrogen-bond acceptors (Lipinski definition) is 4. The summed E-state index contributed by atoms with van der Waals surface area (Å²) in [4.78, 5) is 11.5. The van der Waals surface area contributed by atoms with Gasteiger partial charge in [0, 0.05) is 12.0 Å². The first kappa shape index (κ1) is 13.5. The molecule has 0 unspecified atom stereocenters. The molecular formula is C13H17O4P. The minimum Gasteiger partial charge on any atom is -0.305 e. The summed E-state index contributed by atoms with van der Waals surface area (Å²) in [6.45, 7) is 4.21. The van der Waals surface area contributed by atoms with Crippen LogP contribution in [0.3, 0.4) is 0 Å². The second-order valence-corrected chi connectivity index (χ2v) is 6.13. The fourth-order valence-corrected chi connectivity index (χ4v) is 3.76. The number of Topliss-reactive ketones (excluding diaryl/α,β-unsaturated/α-hetero) is 1. The number of aryl methyl sites for hydroxylation is 1. The van der Waals surface area contributed by atoms with Gasteiger partial charge in [-0.2, -0.15) is 0 Å². The first-order valence-electron chi connectivity index (χ1n) is 6.16. The van der Waals surface area contributed by atoms with E-state index in [4.69, 9.17) is 9.05 Å². The molecule has 0 amide bonds. The molecule has 1 aromatic rings. The highest BCUT2D eigenvalue weighted by molar-refractivity contribution is 7.62. The van der Waals surface area contributed by atoms with Crippen molar-refractivity contribution in [3.05, 3.63) is 29.3 Å². The number of benzene rings is 1. The van der Waals surface area contributed by atoms with Gasteiger partial charge in [0.2, 0.25) is 0 Å². The number of ketones is 1. The van der Waals surface area contributed by atoms with E-state index in [0.717, 1.165) is 11.1 Å². The van der Waals surface area contributed by atoms with Gasteiger partial charge in [-0.15, -0.1) is 0 Å². The lowest BCUT2D eigenvalue weighted by atomic mass is 10.1. The summed E-state index contributed by atoms with van der Waals surface area (Å²) in [6, 6.07) is 5.19. The van der Waals surface area contributed by atoms with Crippen LogP contribution in [0.2, 0.25) is 0 Å². The summed E-state index contributed by atoms with van der Waals surface area (Å²) in [7, 11) is -3.23. The van der Waals surface area contributed by atoms with Crippen LogP contribution in [-0.2, 0) is 20.0 Å². The number of rotatable bonds is 5. The van der Waals surface area contributed by atoms with E-state index >= 15 is 0 Å². The van der Waals surface area contributed by atoms with Gasteiger partial charge in [-0.05, 0) is 38.0 Å². The maximum atomic E-state index is 12.6. The molecular weight excluding hydrogens is 251 g/mol. The molecule has 0 aliphatic heterocycles. The van der Waals surface area contributed by atoms with E-state index in [1.807, 2.05) is 0 Å². The summed E-state index contributed by atoms with van der Waals surface area (Å²) in [5, 5.41) is 0.541. The molecule has 5 heteroatoms. The van der Waals surface area contributed by atoms with E-state index in [1.165, 1.54) is 0 Å². The van der Waals surface area contributed by atoms with Crippen LogP contribution in [0.5, 0.6) is 0 Å². The third-order valence-corrected chi connectivity index (χ3v) is 5.03. The number of hydrogen-bond donors (Lipinski definition) is 0. The third kappa shape index (κ3) is 2.41. The maximum Gasteiger partial charge on any atom is 0.361 e. The van der Waals surface area contributed by atoms with Crippen LogP contribution < -0.4 is 5.30 Å². The zero-order valence-corrected chi connectivity index (χ0v) is 11.5. The predicted molar refractivity (Wildman–Crippen MR) is 69.6 cm³/mol. The average molecular weight is 268 g/mol. The second-order valence-electron chi connectivity index (χ2n) is 4.10. The average Bonchev–Trinajstić information content (AvgIpc) is 2.71. The van der Waals surface area contributed by atoms with Crippen LogP contribution in [0.15, 0.2) is 18.2 Å². The van der Waals surface area contributed by atoms with Crippen LogP contribution in [0.4, 0.5) is 0 Å². The Hall–Kier alpha value is -0.960. The number of carbonyl (C=O) groups is 1. The lowest BCUT2D eigenvalue weighted by Crippen LogP contribution is -2.12. The van der Waals surface area contributed by atoms with Crippen molar-refractivity contribution in [2.45, 2.75) is 26.7 Å². The molecule has 2 rings (SSSR count). The van der Waals surface area contributed by atoms with Crippen molar-refractivity contribution >= 4 is 18.7 Å². The molecule has 98 valence electrons. The molecule has 0 radical (unpaired) electrons. The van der Waals surface area contributed by atoms with Crippen LogP contribution in [-0.4, -0.2) is 19.0 Å². The van der Waals surface area contributed by atoms with Crippen LogP contribution >= 0.6 is 7.60 Å². The molecule has 18 heavy (non-hydrogen) atoms. The predicted octanol–water partition coefficient (Wildman–Crippen LogP) is 2.71. The van der Waals surface area contributed by atoms with Crippen molar-refractivity contribution in [3.63, 3.8) is 0 Å². The minimum absolute atomic E-state index is 0.152. The normalized spacial score (nSPS) is 14.9. The van der Waals surface area contributed by atoms with Gasteiger partial charge in [0.15, 0.2) is 5.78 Å². The summed E-state index contributed by atoms with van der Waals surface area (Å²) >= 11 is 0. The highest BCUT2D eigenvalue weighted by Gasteiger charge is 2.29. The number of carbonyl (C=O) groups excluding carboxylic acids is 1.